The number of likely N-dealkylation sites (N-methyl/N-ethyl adjacent to an activating group) is 1. The lowest BCUT2D eigenvalue weighted by molar-refractivity contribution is 0.126. The van der Waals surface area contributed by atoms with E-state index in [0.29, 0.717) is 5.92 Å². The summed E-state index contributed by atoms with van der Waals surface area (Å²) in [6.45, 7) is 14.3. The van der Waals surface area contributed by atoms with Gasteiger partial charge in [0.1, 0.15) is 0 Å². The number of piperidine rings is 1. The lowest BCUT2D eigenvalue weighted by Crippen LogP contribution is -2.51. The van der Waals surface area contributed by atoms with Crippen molar-refractivity contribution < 1.29 is 4.79 Å². The summed E-state index contributed by atoms with van der Waals surface area (Å²) in [6, 6.07) is 8.40. The Morgan fingerprint density at radius 1 is 1.36 bits per heavy atom. The van der Waals surface area contributed by atoms with Crippen LogP contribution in [0.15, 0.2) is 48.1 Å². The number of likely N-dealkylation sites (tertiary alicyclic amines) is 1. The molecule has 0 saturated carbocycles. The van der Waals surface area contributed by atoms with Crippen LogP contribution in [0.3, 0.4) is 0 Å². The molecule has 1 N–H and O–H groups in total. The predicted molar refractivity (Wildman–Crippen MR) is 120 cm³/mol. The molecule has 1 aliphatic heterocycles. The summed E-state index contributed by atoms with van der Waals surface area (Å²) in [6.07, 6.45) is 8.53. The Kier molecular flexibility index (Phi) is 8.78. The van der Waals surface area contributed by atoms with Crippen LogP contribution in [0.5, 0.6) is 0 Å². The normalized spacial score (nSPS) is 18.6. The zero-order valence-electron chi connectivity index (χ0n) is 18.2. The average molecular weight is 384 g/mol. The SMILES string of the molecule is C/C=C\C=C(/C)CN1CCCC(N(CC)C(=O)Nc2ccccc2C(C)C)C1. The topological polar surface area (TPSA) is 35.6 Å². The number of anilines is 1. The van der Waals surface area contributed by atoms with Crippen molar-refractivity contribution in [3.05, 3.63) is 53.6 Å². The summed E-state index contributed by atoms with van der Waals surface area (Å²) >= 11 is 0. The number of hydrogen-bond acceptors (Lipinski definition) is 2. The molecule has 0 spiro atoms. The van der Waals surface area contributed by atoms with Crippen LogP contribution >= 0.6 is 0 Å². The first-order chi connectivity index (χ1) is 13.5. The number of benzene rings is 1. The number of rotatable bonds is 7. The van der Waals surface area contributed by atoms with E-state index < -0.39 is 0 Å². The minimum Gasteiger partial charge on any atom is -0.321 e. The predicted octanol–water partition coefficient (Wildman–Crippen LogP) is 5.65. The highest BCUT2D eigenvalue weighted by atomic mass is 16.2. The van der Waals surface area contributed by atoms with Crippen LogP contribution in [0.1, 0.15) is 58.9 Å². The minimum absolute atomic E-state index is 0.0173. The fourth-order valence-corrected chi connectivity index (χ4v) is 3.96. The number of hydrogen-bond donors (Lipinski definition) is 1. The van der Waals surface area contributed by atoms with E-state index in [9.17, 15) is 4.79 Å². The molecule has 4 heteroatoms. The quantitative estimate of drug-likeness (QED) is 0.618. The lowest BCUT2D eigenvalue weighted by atomic mass is 10.0. The van der Waals surface area contributed by atoms with Gasteiger partial charge in [-0.15, -0.1) is 0 Å². The lowest BCUT2D eigenvalue weighted by Gasteiger charge is -2.39. The first-order valence-corrected chi connectivity index (χ1v) is 10.6. The minimum atomic E-state index is 0.0173. The van der Waals surface area contributed by atoms with Crippen molar-refractivity contribution in [3.63, 3.8) is 0 Å². The molecule has 0 radical (unpaired) electrons. The van der Waals surface area contributed by atoms with Gasteiger partial charge in [0.15, 0.2) is 0 Å². The Hall–Kier alpha value is -2.07. The molecular weight excluding hydrogens is 346 g/mol. The number of carbonyl (C=O) groups excluding carboxylic acids is 1. The zero-order chi connectivity index (χ0) is 20.5. The summed E-state index contributed by atoms with van der Waals surface area (Å²) in [4.78, 5) is 17.5. The number of amides is 2. The molecule has 1 aromatic carbocycles. The molecule has 1 aromatic rings. The van der Waals surface area contributed by atoms with Gasteiger partial charge in [-0.1, -0.05) is 55.8 Å². The highest BCUT2D eigenvalue weighted by Gasteiger charge is 2.28. The maximum absolute atomic E-state index is 13.1. The molecule has 4 nitrogen and oxygen atoms in total. The number of para-hydroxylation sites is 1. The second kappa shape index (κ2) is 11.1. The van der Waals surface area contributed by atoms with Crippen molar-refractivity contribution in [3.8, 4) is 0 Å². The van der Waals surface area contributed by atoms with E-state index in [1.807, 2.05) is 30.0 Å². The standard InChI is InChI=1S/C24H37N3O/c1-6-8-12-20(5)17-26-16-11-13-21(18-26)27(7-2)24(28)25-23-15-10-9-14-22(23)19(3)4/h6,8-10,12,14-15,19,21H,7,11,13,16-18H2,1-5H3,(H,25,28)/b8-6-,20-12+. The molecule has 154 valence electrons. The van der Waals surface area contributed by atoms with Crippen molar-refractivity contribution in [1.82, 2.24) is 9.80 Å². The van der Waals surface area contributed by atoms with Gasteiger partial charge in [0.2, 0.25) is 0 Å². The largest absolute Gasteiger partial charge is 0.322 e. The third kappa shape index (κ3) is 6.23. The van der Waals surface area contributed by atoms with Gasteiger partial charge in [-0.3, -0.25) is 4.90 Å². The van der Waals surface area contributed by atoms with E-state index >= 15 is 0 Å². The van der Waals surface area contributed by atoms with Crippen molar-refractivity contribution >= 4 is 11.7 Å². The van der Waals surface area contributed by atoms with Crippen LogP contribution in [-0.4, -0.2) is 48.1 Å². The molecule has 2 amide bonds. The molecule has 0 bridgehead atoms. The first kappa shape index (κ1) is 22.2. The molecule has 2 rings (SSSR count). The van der Waals surface area contributed by atoms with Crippen LogP contribution in [0.2, 0.25) is 0 Å². The van der Waals surface area contributed by atoms with Gasteiger partial charge in [0.05, 0.1) is 0 Å². The van der Waals surface area contributed by atoms with Crippen LogP contribution in [0.4, 0.5) is 10.5 Å². The summed E-state index contributed by atoms with van der Waals surface area (Å²) < 4.78 is 0. The summed E-state index contributed by atoms with van der Waals surface area (Å²) in [5, 5.41) is 3.17. The van der Waals surface area contributed by atoms with Crippen molar-refractivity contribution in [2.75, 3.05) is 31.5 Å². The monoisotopic (exact) mass is 383 g/mol. The van der Waals surface area contributed by atoms with Gasteiger partial charge in [0, 0.05) is 31.4 Å². The fraction of sp³-hybridized carbons (Fsp3) is 0.542. The second-order valence-corrected chi connectivity index (χ2v) is 8.03. The summed E-state index contributed by atoms with van der Waals surface area (Å²) in [7, 11) is 0. The smallest absolute Gasteiger partial charge is 0.321 e. The van der Waals surface area contributed by atoms with Gasteiger partial charge < -0.3 is 10.2 Å². The van der Waals surface area contributed by atoms with E-state index in [4.69, 9.17) is 0 Å². The molecule has 0 aliphatic carbocycles. The Balaban J connectivity index is 2.04. The maximum Gasteiger partial charge on any atom is 0.322 e. The molecule has 0 aromatic heterocycles. The summed E-state index contributed by atoms with van der Waals surface area (Å²) in [5.74, 6) is 0.378. The van der Waals surface area contributed by atoms with E-state index in [2.05, 4.69) is 62.2 Å². The number of carbonyl (C=O) groups is 1. The molecular formula is C24H37N3O. The molecule has 1 saturated heterocycles. The Labute approximate surface area is 171 Å². The molecule has 1 atom stereocenters. The van der Waals surface area contributed by atoms with Crippen LogP contribution in [0, 0.1) is 0 Å². The number of nitrogens with one attached hydrogen (secondary N) is 1. The van der Waals surface area contributed by atoms with Gasteiger partial charge in [0.25, 0.3) is 0 Å². The Morgan fingerprint density at radius 3 is 2.79 bits per heavy atom. The van der Waals surface area contributed by atoms with Gasteiger partial charge in [-0.25, -0.2) is 4.79 Å². The van der Waals surface area contributed by atoms with Gasteiger partial charge in [-0.2, -0.15) is 0 Å². The molecule has 1 fully saturated rings. The average Bonchev–Trinajstić information content (AvgIpc) is 2.67. The molecule has 1 unspecified atom stereocenters. The third-order valence-electron chi connectivity index (χ3n) is 5.39. The summed E-state index contributed by atoms with van der Waals surface area (Å²) in [5.41, 5.74) is 3.47. The maximum atomic E-state index is 13.1. The van der Waals surface area contributed by atoms with Crippen molar-refractivity contribution in [2.24, 2.45) is 0 Å². The Morgan fingerprint density at radius 2 is 2.11 bits per heavy atom. The van der Waals surface area contributed by atoms with E-state index in [-0.39, 0.29) is 12.1 Å². The molecule has 1 aliphatic rings. The third-order valence-corrected chi connectivity index (χ3v) is 5.39. The number of allylic oxidation sites excluding steroid dienone is 3. The van der Waals surface area contributed by atoms with Crippen LogP contribution in [-0.2, 0) is 0 Å². The highest BCUT2D eigenvalue weighted by Crippen LogP contribution is 2.25. The van der Waals surface area contributed by atoms with E-state index in [1.165, 1.54) is 11.1 Å². The van der Waals surface area contributed by atoms with Gasteiger partial charge in [-0.05, 0) is 57.7 Å². The van der Waals surface area contributed by atoms with Crippen LogP contribution < -0.4 is 5.32 Å². The Bertz CT molecular complexity index is 693. The van der Waals surface area contributed by atoms with Crippen LogP contribution in [0.25, 0.3) is 0 Å². The van der Waals surface area contributed by atoms with Crippen molar-refractivity contribution in [1.29, 1.82) is 0 Å². The fourth-order valence-electron chi connectivity index (χ4n) is 3.96. The van der Waals surface area contributed by atoms with E-state index in [0.717, 1.165) is 44.7 Å². The first-order valence-electron chi connectivity index (χ1n) is 10.6. The number of urea groups is 1. The van der Waals surface area contributed by atoms with Gasteiger partial charge >= 0.3 is 6.03 Å². The number of nitrogens with zero attached hydrogens (tertiary/aromatic N) is 2. The highest BCUT2D eigenvalue weighted by molar-refractivity contribution is 5.90. The molecule has 1 heterocycles. The molecule has 28 heavy (non-hydrogen) atoms. The van der Waals surface area contributed by atoms with Crippen molar-refractivity contribution in [2.45, 2.75) is 59.4 Å². The zero-order valence-corrected chi connectivity index (χ0v) is 18.2. The second-order valence-electron chi connectivity index (χ2n) is 8.03. The van der Waals surface area contributed by atoms with E-state index in [1.54, 1.807) is 0 Å².